The molecule has 0 saturated heterocycles. The summed E-state index contributed by atoms with van der Waals surface area (Å²) in [6.07, 6.45) is 1.58. The number of benzene rings is 2. The largest absolute Gasteiger partial charge is 0.508 e. The van der Waals surface area contributed by atoms with Gasteiger partial charge in [0.2, 0.25) is 0 Å². The van der Waals surface area contributed by atoms with E-state index in [1.807, 2.05) is 12.1 Å². The van der Waals surface area contributed by atoms with Crippen LogP contribution in [0.1, 0.15) is 31.9 Å². The average Bonchev–Trinajstić information content (AvgIpc) is 2.52. The molecule has 2 aromatic carbocycles. The first-order chi connectivity index (χ1) is 11.3. The minimum Gasteiger partial charge on any atom is -0.508 e. The van der Waals surface area contributed by atoms with Crippen LogP contribution in [0.2, 0.25) is 0 Å². The zero-order valence-electron chi connectivity index (χ0n) is 14.4. The van der Waals surface area contributed by atoms with Crippen molar-refractivity contribution in [3.63, 3.8) is 0 Å². The fourth-order valence-electron chi connectivity index (χ4n) is 2.18. The standard InChI is InChI=1S/C10H12O3.C10H14O/c1-7(10(12)13)6-8-2-4-9(11)5-3-8;1-8(2)7-9-3-5-10(11)6-4-9/h2-5,7,11H,6H2,1H3,(H,12,13);3-6,8,11H,7H2,1-2H3. The lowest BCUT2D eigenvalue weighted by molar-refractivity contribution is -0.141. The van der Waals surface area contributed by atoms with Crippen molar-refractivity contribution < 1.29 is 20.1 Å². The molecule has 4 heteroatoms. The zero-order chi connectivity index (χ0) is 18.1. The fourth-order valence-corrected chi connectivity index (χ4v) is 2.18. The summed E-state index contributed by atoms with van der Waals surface area (Å²) in [5, 5.41) is 26.6. The maximum absolute atomic E-state index is 10.5. The molecule has 2 rings (SSSR count). The molecule has 0 aromatic heterocycles. The molecule has 3 N–H and O–H groups in total. The Kier molecular flexibility index (Phi) is 7.83. The molecular formula is C20H26O4. The number of carboxylic acids is 1. The third kappa shape index (κ3) is 7.68. The minimum atomic E-state index is -0.798. The second kappa shape index (κ2) is 9.60. The number of phenols is 2. The number of aromatic hydroxyl groups is 2. The van der Waals surface area contributed by atoms with Gasteiger partial charge in [0, 0.05) is 0 Å². The lowest BCUT2D eigenvalue weighted by Gasteiger charge is -2.05. The smallest absolute Gasteiger partial charge is 0.306 e. The predicted octanol–water partition coefficient (Wildman–Crippen LogP) is 4.25. The van der Waals surface area contributed by atoms with E-state index in [9.17, 15) is 4.79 Å². The van der Waals surface area contributed by atoms with Crippen LogP contribution in [0.25, 0.3) is 0 Å². The van der Waals surface area contributed by atoms with E-state index in [1.165, 1.54) is 5.56 Å². The number of hydrogen-bond acceptors (Lipinski definition) is 3. The second-order valence-electron chi connectivity index (χ2n) is 6.37. The van der Waals surface area contributed by atoms with Gasteiger partial charge in [-0.25, -0.2) is 0 Å². The molecule has 0 aliphatic heterocycles. The van der Waals surface area contributed by atoms with E-state index in [0.717, 1.165) is 12.0 Å². The summed E-state index contributed by atoms with van der Waals surface area (Å²) in [7, 11) is 0. The minimum absolute atomic E-state index is 0.201. The lowest BCUT2D eigenvalue weighted by atomic mass is 10.0. The first-order valence-corrected chi connectivity index (χ1v) is 8.06. The van der Waals surface area contributed by atoms with Gasteiger partial charge < -0.3 is 15.3 Å². The van der Waals surface area contributed by atoms with Gasteiger partial charge in [0.05, 0.1) is 5.92 Å². The summed E-state index contributed by atoms with van der Waals surface area (Å²) in [6, 6.07) is 14.0. The lowest BCUT2D eigenvalue weighted by Crippen LogP contribution is -2.11. The topological polar surface area (TPSA) is 77.8 Å². The molecule has 130 valence electrons. The van der Waals surface area contributed by atoms with Crippen LogP contribution in [0.5, 0.6) is 11.5 Å². The van der Waals surface area contributed by atoms with Crippen LogP contribution in [-0.2, 0) is 17.6 Å². The quantitative estimate of drug-likeness (QED) is 0.766. The average molecular weight is 330 g/mol. The van der Waals surface area contributed by atoms with Gasteiger partial charge >= 0.3 is 5.97 Å². The highest BCUT2D eigenvalue weighted by Gasteiger charge is 2.10. The molecule has 0 radical (unpaired) electrons. The van der Waals surface area contributed by atoms with Crippen LogP contribution in [0.4, 0.5) is 0 Å². The van der Waals surface area contributed by atoms with Gasteiger partial charge in [0.25, 0.3) is 0 Å². The van der Waals surface area contributed by atoms with E-state index < -0.39 is 5.97 Å². The first kappa shape index (κ1) is 19.6. The Balaban J connectivity index is 0.000000243. The third-order valence-corrected chi connectivity index (χ3v) is 3.48. The van der Waals surface area contributed by atoms with Crippen LogP contribution in [0.15, 0.2) is 48.5 Å². The summed E-state index contributed by atoms with van der Waals surface area (Å²) in [5.74, 6) is 0.0430. The fraction of sp³-hybridized carbons (Fsp3) is 0.350. The molecule has 1 atom stereocenters. The van der Waals surface area contributed by atoms with Crippen molar-refractivity contribution in [2.45, 2.75) is 33.6 Å². The molecule has 0 aliphatic rings. The summed E-state index contributed by atoms with van der Waals surface area (Å²) in [5.41, 5.74) is 2.21. The maximum Gasteiger partial charge on any atom is 0.306 e. The van der Waals surface area contributed by atoms with Crippen molar-refractivity contribution in [2.75, 3.05) is 0 Å². The molecule has 0 aliphatic carbocycles. The molecule has 0 heterocycles. The Morgan fingerprint density at radius 1 is 0.792 bits per heavy atom. The molecule has 24 heavy (non-hydrogen) atoms. The monoisotopic (exact) mass is 330 g/mol. The highest BCUT2D eigenvalue weighted by molar-refractivity contribution is 5.69. The van der Waals surface area contributed by atoms with Gasteiger partial charge in [-0.15, -0.1) is 0 Å². The molecule has 0 fully saturated rings. The van der Waals surface area contributed by atoms with Gasteiger partial charge in [-0.3, -0.25) is 4.79 Å². The molecule has 1 unspecified atom stereocenters. The molecule has 4 nitrogen and oxygen atoms in total. The van der Waals surface area contributed by atoms with E-state index in [4.69, 9.17) is 15.3 Å². The molecule has 2 aromatic rings. The Morgan fingerprint density at radius 2 is 1.17 bits per heavy atom. The van der Waals surface area contributed by atoms with E-state index in [0.29, 0.717) is 18.1 Å². The second-order valence-corrected chi connectivity index (χ2v) is 6.37. The van der Waals surface area contributed by atoms with Crippen LogP contribution in [0, 0.1) is 11.8 Å². The molecule has 0 spiro atoms. The van der Waals surface area contributed by atoms with Gasteiger partial charge in [0.15, 0.2) is 0 Å². The number of rotatable bonds is 5. The molecule has 0 bridgehead atoms. The van der Waals surface area contributed by atoms with E-state index in [2.05, 4.69) is 13.8 Å². The normalized spacial score (nSPS) is 11.5. The van der Waals surface area contributed by atoms with E-state index in [-0.39, 0.29) is 11.7 Å². The Labute approximate surface area is 143 Å². The molecule has 0 saturated carbocycles. The molecular weight excluding hydrogens is 304 g/mol. The highest BCUT2D eigenvalue weighted by Crippen LogP contribution is 2.14. The van der Waals surface area contributed by atoms with Crippen molar-refractivity contribution in [1.82, 2.24) is 0 Å². The first-order valence-electron chi connectivity index (χ1n) is 8.06. The van der Waals surface area contributed by atoms with E-state index in [1.54, 1.807) is 43.3 Å². The summed E-state index contributed by atoms with van der Waals surface area (Å²) in [6.45, 7) is 6.04. The summed E-state index contributed by atoms with van der Waals surface area (Å²) >= 11 is 0. The van der Waals surface area contributed by atoms with Crippen LogP contribution < -0.4 is 0 Å². The van der Waals surface area contributed by atoms with Gasteiger partial charge in [-0.1, -0.05) is 45.0 Å². The van der Waals surface area contributed by atoms with Crippen molar-refractivity contribution in [3.05, 3.63) is 59.7 Å². The van der Waals surface area contributed by atoms with Crippen LogP contribution in [-0.4, -0.2) is 21.3 Å². The summed E-state index contributed by atoms with van der Waals surface area (Å²) in [4.78, 5) is 10.5. The van der Waals surface area contributed by atoms with Gasteiger partial charge in [0.1, 0.15) is 11.5 Å². The number of carboxylic acid groups (broad SMARTS) is 1. The van der Waals surface area contributed by atoms with Crippen LogP contribution >= 0.6 is 0 Å². The van der Waals surface area contributed by atoms with Crippen molar-refractivity contribution in [1.29, 1.82) is 0 Å². The van der Waals surface area contributed by atoms with Crippen LogP contribution in [0.3, 0.4) is 0 Å². The number of phenolic OH excluding ortho intramolecular Hbond substituents is 2. The third-order valence-electron chi connectivity index (χ3n) is 3.48. The number of carbonyl (C=O) groups is 1. The number of aliphatic carboxylic acids is 1. The van der Waals surface area contributed by atoms with Gasteiger partial charge in [-0.2, -0.15) is 0 Å². The number of hydrogen-bond donors (Lipinski definition) is 3. The Morgan fingerprint density at radius 3 is 1.50 bits per heavy atom. The predicted molar refractivity (Wildman–Crippen MR) is 95.3 cm³/mol. The Hall–Kier alpha value is -2.49. The Bertz CT molecular complexity index is 615. The van der Waals surface area contributed by atoms with Crippen molar-refractivity contribution >= 4 is 5.97 Å². The van der Waals surface area contributed by atoms with Gasteiger partial charge in [-0.05, 0) is 54.2 Å². The highest BCUT2D eigenvalue weighted by atomic mass is 16.4. The van der Waals surface area contributed by atoms with Crippen molar-refractivity contribution in [2.24, 2.45) is 11.8 Å². The SMILES string of the molecule is CC(C)Cc1ccc(O)cc1.CC(Cc1ccc(O)cc1)C(=O)O. The molecule has 0 amide bonds. The maximum atomic E-state index is 10.5. The summed E-state index contributed by atoms with van der Waals surface area (Å²) < 4.78 is 0. The van der Waals surface area contributed by atoms with Crippen molar-refractivity contribution in [3.8, 4) is 11.5 Å². The zero-order valence-corrected chi connectivity index (χ0v) is 14.4. The van der Waals surface area contributed by atoms with E-state index >= 15 is 0 Å².